The molecule has 4 heteroatoms. The molecule has 1 saturated heterocycles. The Morgan fingerprint density at radius 3 is 2.59 bits per heavy atom. The fourth-order valence-electron chi connectivity index (χ4n) is 2.33. The van der Waals surface area contributed by atoms with E-state index >= 15 is 0 Å². The van der Waals surface area contributed by atoms with E-state index in [4.69, 9.17) is 5.11 Å². The summed E-state index contributed by atoms with van der Waals surface area (Å²) in [6.45, 7) is 5.73. The highest BCUT2D eigenvalue weighted by atomic mass is 16.3. The van der Waals surface area contributed by atoms with Crippen LogP contribution < -0.4 is 5.32 Å². The van der Waals surface area contributed by atoms with Crippen molar-refractivity contribution in [1.29, 1.82) is 0 Å². The van der Waals surface area contributed by atoms with Crippen molar-refractivity contribution in [3.8, 4) is 0 Å². The lowest BCUT2D eigenvalue weighted by Gasteiger charge is -2.29. The van der Waals surface area contributed by atoms with Crippen LogP contribution in [0, 0.1) is 11.3 Å². The molecule has 98 valence electrons. The molecule has 0 aromatic rings. The Morgan fingerprint density at radius 1 is 1.41 bits per heavy atom. The SMILES string of the molecule is CC1CCN(CC(=O)NCC2(CO)CC2)CC1. The first-order chi connectivity index (χ1) is 8.13. The molecule has 0 radical (unpaired) electrons. The molecule has 1 amide bonds. The number of nitrogens with one attached hydrogen (secondary N) is 1. The third kappa shape index (κ3) is 3.68. The maximum Gasteiger partial charge on any atom is 0.234 e. The highest BCUT2D eigenvalue weighted by Gasteiger charge is 2.42. The molecule has 0 unspecified atom stereocenters. The molecule has 1 aliphatic heterocycles. The smallest absolute Gasteiger partial charge is 0.234 e. The monoisotopic (exact) mass is 240 g/mol. The van der Waals surface area contributed by atoms with Crippen LogP contribution in [-0.2, 0) is 4.79 Å². The van der Waals surface area contributed by atoms with Crippen molar-refractivity contribution in [2.24, 2.45) is 11.3 Å². The predicted octanol–water partition coefficient (Wildman–Crippen LogP) is 0.607. The third-order valence-corrected chi connectivity index (χ3v) is 4.20. The molecule has 17 heavy (non-hydrogen) atoms. The first-order valence-electron chi connectivity index (χ1n) is 6.73. The number of nitrogens with zero attached hydrogens (tertiary/aromatic N) is 1. The van der Waals surface area contributed by atoms with Crippen molar-refractivity contribution >= 4 is 5.91 Å². The van der Waals surface area contributed by atoms with Crippen molar-refractivity contribution in [3.63, 3.8) is 0 Å². The zero-order chi connectivity index (χ0) is 12.3. The average molecular weight is 240 g/mol. The van der Waals surface area contributed by atoms with Gasteiger partial charge in [-0.15, -0.1) is 0 Å². The van der Waals surface area contributed by atoms with E-state index in [1.807, 2.05) is 0 Å². The molecule has 0 spiro atoms. The summed E-state index contributed by atoms with van der Waals surface area (Å²) in [4.78, 5) is 14.0. The molecule has 0 aromatic carbocycles. The van der Waals surface area contributed by atoms with E-state index in [9.17, 15) is 4.79 Å². The van der Waals surface area contributed by atoms with Gasteiger partial charge < -0.3 is 10.4 Å². The lowest BCUT2D eigenvalue weighted by molar-refractivity contribution is -0.122. The van der Waals surface area contributed by atoms with Crippen molar-refractivity contribution in [2.45, 2.75) is 32.6 Å². The minimum Gasteiger partial charge on any atom is -0.396 e. The van der Waals surface area contributed by atoms with Crippen molar-refractivity contribution < 1.29 is 9.90 Å². The number of carbonyl (C=O) groups is 1. The maximum absolute atomic E-state index is 11.7. The number of aliphatic hydroxyl groups is 1. The predicted molar refractivity (Wildman–Crippen MR) is 66.6 cm³/mol. The lowest BCUT2D eigenvalue weighted by Crippen LogP contribution is -2.42. The van der Waals surface area contributed by atoms with Crippen molar-refractivity contribution in [1.82, 2.24) is 10.2 Å². The number of rotatable bonds is 5. The van der Waals surface area contributed by atoms with Crippen molar-refractivity contribution in [2.75, 3.05) is 32.8 Å². The van der Waals surface area contributed by atoms with Gasteiger partial charge in [0.15, 0.2) is 0 Å². The summed E-state index contributed by atoms with van der Waals surface area (Å²) < 4.78 is 0. The van der Waals surface area contributed by atoms with Crippen LogP contribution in [0.4, 0.5) is 0 Å². The number of piperidine rings is 1. The minimum absolute atomic E-state index is 0.0199. The molecule has 1 aliphatic carbocycles. The van der Waals surface area contributed by atoms with E-state index in [1.165, 1.54) is 12.8 Å². The normalized spacial score (nSPS) is 24.6. The Morgan fingerprint density at radius 2 is 2.06 bits per heavy atom. The number of aliphatic hydroxyl groups excluding tert-OH is 1. The zero-order valence-corrected chi connectivity index (χ0v) is 10.7. The van der Waals surface area contributed by atoms with Crippen LogP contribution in [-0.4, -0.2) is 48.7 Å². The molecule has 4 nitrogen and oxygen atoms in total. The number of hydrogen-bond acceptors (Lipinski definition) is 3. The van der Waals surface area contributed by atoms with Crippen LogP contribution in [0.25, 0.3) is 0 Å². The van der Waals surface area contributed by atoms with Crippen LogP contribution in [0.15, 0.2) is 0 Å². The van der Waals surface area contributed by atoms with Gasteiger partial charge in [0.2, 0.25) is 5.91 Å². The van der Waals surface area contributed by atoms with Gasteiger partial charge in [0.1, 0.15) is 0 Å². The highest BCUT2D eigenvalue weighted by molar-refractivity contribution is 5.78. The fraction of sp³-hybridized carbons (Fsp3) is 0.923. The summed E-state index contributed by atoms with van der Waals surface area (Å²) in [6, 6.07) is 0. The molecule has 2 fully saturated rings. The summed E-state index contributed by atoms with van der Waals surface area (Å²) in [5, 5.41) is 12.1. The van der Waals surface area contributed by atoms with E-state index in [1.54, 1.807) is 0 Å². The topological polar surface area (TPSA) is 52.6 Å². The Labute approximate surface area is 103 Å². The van der Waals surface area contributed by atoms with E-state index < -0.39 is 0 Å². The number of hydrogen-bond donors (Lipinski definition) is 2. The van der Waals surface area contributed by atoms with Crippen LogP contribution in [0.5, 0.6) is 0 Å². The zero-order valence-electron chi connectivity index (χ0n) is 10.7. The van der Waals surface area contributed by atoms with Gasteiger partial charge in [-0.1, -0.05) is 6.92 Å². The average Bonchev–Trinajstić information content (AvgIpc) is 3.10. The van der Waals surface area contributed by atoms with Crippen LogP contribution in [0.3, 0.4) is 0 Å². The molecule has 2 aliphatic rings. The minimum atomic E-state index is 0.0199. The summed E-state index contributed by atoms with van der Waals surface area (Å²) in [6.07, 6.45) is 4.50. The second-order valence-electron chi connectivity index (χ2n) is 5.89. The Hall–Kier alpha value is -0.610. The van der Waals surface area contributed by atoms with Gasteiger partial charge in [0, 0.05) is 12.0 Å². The molecule has 0 bridgehead atoms. The number of carbonyl (C=O) groups excluding carboxylic acids is 1. The molecule has 1 saturated carbocycles. The van der Waals surface area contributed by atoms with Gasteiger partial charge in [-0.3, -0.25) is 9.69 Å². The molecule has 0 atom stereocenters. The first kappa shape index (κ1) is 12.8. The summed E-state index contributed by atoms with van der Waals surface area (Å²) in [5.74, 6) is 0.915. The molecule has 0 aromatic heterocycles. The molecular weight excluding hydrogens is 216 g/mol. The number of amides is 1. The summed E-state index contributed by atoms with van der Waals surface area (Å²) >= 11 is 0. The third-order valence-electron chi connectivity index (χ3n) is 4.20. The quantitative estimate of drug-likeness (QED) is 0.740. The first-order valence-corrected chi connectivity index (χ1v) is 6.73. The Bertz CT molecular complexity index is 269. The highest BCUT2D eigenvalue weighted by Crippen LogP contribution is 2.44. The van der Waals surface area contributed by atoms with E-state index in [-0.39, 0.29) is 17.9 Å². The van der Waals surface area contributed by atoms with E-state index in [0.717, 1.165) is 31.8 Å². The van der Waals surface area contributed by atoms with Gasteiger partial charge in [-0.25, -0.2) is 0 Å². The second-order valence-corrected chi connectivity index (χ2v) is 5.89. The van der Waals surface area contributed by atoms with Gasteiger partial charge in [-0.05, 0) is 44.7 Å². The van der Waals surface area contributed by atoms with Crippen LogP contribution in [0.1, 0.15) is 32.6 Å². The standard InChI is InChI=1S/C13H24N2O2/c1-11-2-6-15(7-3-11)8-12(17)14-9-13(10-16)4-5-13/h11,16H,2-10H2,1H3,(H,14,17). The summed E-state index contributed by atoms with van der Waals surface area (Å²) in [5.41, 5.74) is 0.0199. The van der Waals surface area contributed by atoms with Crippen LogP contribution in [0.2, 0.25) is 0 Å². The molecule has 1 heterocycles. The van der Waals surface area contributed by atoms with Gasteiger partial charge >= 0.3 is 0 Å². The maximum atomic E-state index is 11.7. The van der Waals surface area contributed by atoms with Crippen molar-refractivity contribution in [3.05, 3.63) is 0 Å². The molecule has 2 N–H and O–H groups in total. The van der Waals surface area contributed by atoms with Gasteiger partial charge in [0.05, 0.1) is 13.2 Å². The Balaban J connectivity index is 1.64. The second kappa shape index (κ2) is 5.36. The lowest BCUT2D eigenvalue weighted by atomic mass is 9.99. The van der Waals surface area contributed by atoms with Crippen LogP contribution >= 0.6 is 0 Å². The molecular formula is C13H24N2O2. The van der Waals surface area contributed by atoms with E-state index in [0.29, 0.717) is 13.1 Å². The van der Waals surface area contributed by atoms with Gasteiger partial charge in [-0.2, -0.15) is 0 Å². The summed E-state index contributed by atoms with van der Waals surface area (Å²) in [7, 11) is 0. The van der Waals surface area contributed by atoms with E-state index in [2.05, 4.69) is 17.1 Å². The fourth-order valence-corrected chi connectivity index (χ4v) is 2.33. The van der Waals surface area contributed by atoms with Gasteiger partial charge in [0.25, 0.3) is 0 Å². The molecule has 2 rings (SSSR count). The number of likely N-dealkylation sites (tertiary alicyclic amines) is 1. The largest absolute Gasteiger partial charge is 0.396 e. The Kier molecular flexibility index (Phi) is 4.05.